The highest BCUT2D eigenvalue weighted by Gasteiger charge is 2.33. The van der Waals surface area contributed by atoms with E-state index in [2.05, 4.69) is 37.1 Å². The van der Waals surface area contributed by atoms with Gasteiger partial charge in [-0.1, -0.05) is 6.42 Å². The molecule has 0 bridgehead atoms. The van der Waals surface area contributed by atoms with E-state index in [0.717, 1.165) is 6.54 Å². The second kappa shape index (κ2) is 6.18. The van der Waals surface area contributed by atoms with Gasteiger partial charge in [0.25, 0.3) is 0 Å². The molecule has 1 aliphatic rings. The van der Waals surface area contributed by atoms with E-state index >= 15 is 0 Å². The molecule has 0 radical (unpaired) electrons. The van der Waals surface area contributed by atoms with Crippen molar-refractivity contribution < 1.29 is 0 Å². The molecule has 18 heavy (non-hydrogen) atoms. The molecule has 0 amide bonds. The maximum Gasteiger partial charge on any atom is 0.0487 e. The van der Waals surface area contributed by atoms with Gasteiger partial charge in [-0.3, -0.25) is 4.90 Å². The quantitative estimate of drug-likeness (QED) is 0.906. The Bertz CT molecular complexity index is 372. The maximum atomic E-state index is 6.06. The van der Waals surface area contributed by atoms with Crippen LogP contribution in [0.5, 0.6) is 0 Å². The van der Waals surface area contributed by atoms with Crippen LogP contribution < -0.4 is 5.73 Å². The summed E-state index contributed by atoms with van der Waals surface area (Å²) in [5, 5.41) is 2.22. The van der Waals surface area contributed by atoms with Crippen molar-refractivity contribution in [1.29, 1.82) is 0 Å². The molecule has 1 aliphatic heterocycles. The molecule has 1 fully saturated rings. The summed E-state index contributed by atoms with van der Waals surface area (Å²) in [5.74, 6) is 0.618. The van der Waals surface area contributed by atoms with E-state index in [9.17, 15) is 0 Å². The van der Waals surface area contributed by atoms with E-state index in [4.69, 9.17) is 5.73 Å². The van der Waals surface area contributed by atoms with Crippen molar-refractivity contribution in [2.45, 2.75) is 52.1 Å². The summed E-state index contributed by atoms with van der Waals surface area (Å²) in [4.78, 5) is 4.21. The van der Waals surface area contributed by atoms with Crippen LogP contribution in [0.1, 0.15) is 49.6 Å². The lowest BCUT2D eigenvalue weighted by atomic mass is 9.91. The average Bonchev–Trinajstić information content (AvgIpc) is 2.64. The first kappa shape index (κ1) is 14.0. The summed E-state index contributed by atoms with van der Waals surface area (Å²) >= 11 is 1.91. The Kier molecular flexibility index (Phi) is 4.82. The number of nitrogens with two attached hydrogens (primary N) is 1. The minimum Gasteiger partial charge on any atom is -0.330 e. The molecule has 0 aliphatic carbocycles. The maximum absolute atomic E-state index is 6.06. The zero-order valence-corrected chi connectivity index (χ0v) is 12.7. The van der Waals surface area contributed by atoms with Gasteiger partial charge >= 0.3 is 0 Å². The summed E-state index contributed by atoms with van der Waals surface area (Å²) in [5.41, 5.74) is 7.50. The Balaban J connectivity index is 2.35. The summed E-state index contributed by atoms with van der Waals surface area (Å²) in [6.45, 7) is 8.90. The van der Waals surface area contributed by atoms with Gasteiger partial charge in [0.05, 0.1) is 0 Å². The highest BCUT2D eigenvalue weighted by Crippen LogP contribution is 2.39. The Hall–Kier alpha value is -0.380. The Morgan fingerprint density at radius 3 is 2.78 bits per heavy atom. The van der Waals surface area contributed by atoms with Crippen molar-refractivity contribution in [2.24, 2.45) is 11.7 Å². The third-order valence-electron chi connectivity index (χ3n) is 4.18. The van der Waals surface area contributed by atoms with Crippen LogP contribution in [-0.2, 0) is 0 Å². The van der Waals surface area contributed by atoms with Crippen LogP contribution in [0, 0.1) is 12.8 Å². The number of hydrogen-bond donors (Lipinski definition) is 1. The minimum absolute atomic E-state index is 0.539. The van der Waals surface area contributed by atoms with E-state index in [1.54, 1.807) is 4.88 Å². The average molecular weight is 266 g/mol. The smallest absolute Gasteiger partial charge is 0.0487 e. The fraction of sp³-hybridized carbons (Fsp3) is 0.733. The zero-order valence-electron chi connectivity index (χ0n) is 11.9. The molecule has 0 saturated carbocycles. The molecule has 2 nitrogen and oxygen atoms in total. The van der Waals surface area contributed by atoms with Crippen LogP contribution in [-0.4, -0.2) is 24.0 Å². The topological polar surface area (TPSA) is 29.3 Å². The second-order valence-electron chi connectivity index (χ2n) is 5.74. The normalized spacial score (nSPS) is 26.5. The van der Waals surface area contributed by atoms with E-state index in [-0.39, 0.29) is 0 Å². The number of nitrogens with zero attached hydrogens (tertiary/aromatic N) is 1. The van der Waals surface area contributed by atoms with Crippen LogP contribution in [0.4, 0.5) is 0 Å². The van der Waals surface area contributed by atoms with Crippen molar-refractivity contribution >= 4 is 11.3 Å². The lowest BCUT2D eigenvalue weighted by molar-refractivity contribution is 0.124. The third kappa shape index (κ3) is 2.79. The number of hydrogen-bond acceptors (Lipinski definition) is 3. The molecule has 0 spiro atoms. The van der Waals surface area contributed by atoms with Gasteiger partial charge in [-0.15, -0.1) is 11.3 Å². The van der Waals surface area contributed by atoms with Crippen molar-refractivity contribution in [3.8, 4) is 0 Å². The summed E-state index contributed by atoms with van der Waals surface area (Å²) in [6.07, 6.45) is 3.92. The number of rotatable bonds is 3. The van der Waals surface area contributed by atoms with Gasteiger partial charge in [0.1, 0.15) is 0 Å². The lowest BCUT2D eigenvalue weighted by Gasteiger charge is -2.37. The highest BCUT2D eigenvalue weighted by molar-refractivity contribution is 7.10. The first-order valence-electron chi connectivity index (χ1n) is 7.15. The third-order valence-corrected chi connectivity index (χ3v) is 5.27. The lowest BCUT2D eigenvalue weighted by Crippen LogP contribution is -2.39. The van der Waals surface area contributed by atoms with Crippen molar-refractivity contribution in [2.75, 3.05) is 13.1 Å². The van der Waals surface area contributed by atoms with Crippen molar-refractivity contribution in [1.82, 2.24) is 4.90 Å². The van der Waals surface area contributed by atoms with Crippen LogP contribution in [0.3, 0.4) is 0 Å². The van der Waals surface area contributed by atoms with Crippen molar-refractivity contribution in [3.63, 3.8) is 0 Å². The first-order chi connectivity index (χ1) is 8.65. The molecule has 1 aromatic heterocycles. The number of aryl methyl sites for hydroxylation is 1. The van der Waals surface area contributed by atoms with E-state index in [1.807, 2.05) is 11.3 Å². The predicted molar refractivity (Wildman–Crippen MR) is 80.0 cm³/mol. The second-order valence-corrected chi connectivity index (χ2v) is 6.68. The summed E-state index contributed by atoms with van der Waals surface area (Å²) < 4.78 is 0. The number of likely N-dealkylation sites (tertiary alicyclic amines) is 1. The highest BCUT2D eigenvalue weighted by atomic mass is 32.1. The SMILES string of the molecule is Cc1ccsc1C1C(CN)CCCCN1C(C)C. The molecule has 1 aromatic rings. The molecule has 2 rings (SSSR count). The van der Waals surface area contributed by atoms with Gasteiger partial charge in [0.2, 0.25) is 0 Å². The molecule has 2 atom stereocenters. The summed E-state index contributed by atoms with van der Waals surface area (Å²) in [6, 6.07) is 3.39. The minimum atomic E-state index is 0.539. The molecular formula is C15H26N2S. The molecule has 2 N–H and O–H groups in total. The molecule has 2 heterocycles. The van der Waals surface area contributed by atoms with Gasteiger partial charge in [-0.2, -0.15) is 0 Å². The van der Waals surface area contributed by atoms with E-state index in [0.29, 0.717) is 18.0 Å². The molecule has 2 unspecified atom stereocenters. The van der Waals surface area contributed by atoms with E-state index < -0.39 is 0 Å². The molecule has 3 heteroatoms. The van der Waals surface area contributed by atoms with Crippen LogP contribution >= 0.6 is 11.3 Å². The fourth-order valence-corrected chi connectivity index (χ4v) is 4.29. The standard InChI is InChI=1S/C15H26N2S/c1-11(2)17-8-5-4-6-13(10-16)14(17)15-12(3)7-9-18-15/h7,9,11,13-14H,4-6,8,10,16H2,1-3H3. The Labute approximate surface area is 115 Å². The van der Waals surface area contributed by atoms with E-state index in [1.165, 1.54) is 31.4 Å². The number of thiophene rings is 1. The van der Waals surface area contributed by atoms with Crippen molar-refractivity contribution in [3.05, 3.63) is 21.9 Å². The van der Waals surface area contributed by atoms with Gasteiger partial charge < -0.3 is 5.73 Å². The van der Waals surface area contributed by atoms with Gasteiger partial charge in [0, 0.05) is 17.0 Å². The first-order valence-corrected chi connectivity index (χ1v) is 8.03. The van der Waals surface area contributed by atoms with Gasteiger partial charge in [0.15, 0.2) is 0 Å². The molecule has 102 valence electrons. The van der Waals surface area contributed by atoms with Gasteiger partial charge in [-0.25, -0.2) is 0 Å². The van der Waals surface area contributed by atoms with Gasteiger partial charge in [-0.05, 0) is 69.6 Å². The molecule has 1 saturated heterocycles. The van der Waals surface area contributed by atoms with Crippen LogP contribution in [0.15, 0.2) is 11.4 Å². The molecular weight excluding hydrogens is 240 g/mol. The van der Waals surface area contributed by atoms with Crippen LogP contribution in [0.2, 0.25) is 0 Å². The Morgan fingerprint density at radius 1 is 1.44 bits per heavy atom. The summed E-state index contributed by atoms with van der Waals surface area (Å²) in [7, 11) is 0. The fourth-order valence-electron chi connectivity index (χ4n) is 3.15. The largest absolute Gasteiger partial charge is 0.330 e. The van der Waals surface area contributed by atoms with Crippen LogP contribution in [0.25, 0.3) is 0 Å². The predicted octanol–water partition coefficient (Wildman–Crippen LogP) is 3.57. The monoisotopic (exact) mass is 266 g/mol. The molecule has 0 aromatic carbocycles. The Morgan fingerprint density at radius 2 is 2.22 bits per heavy atom. The zero-order chi connectivity index (χ0) is 13.1.